The second-order valence-corrected chi connectivity index (χ2v) is 8.22. The number of thioether (sulfide) groups is 1. The van der Waals surface area contributed by atoms with E-state index in [0.717, 1.165) is 0 Å². The number of carboxylic acid groups (broad SMARTS) is 1. The summed E-state index contributed by atoms with van der Waals surface area (Å²) >= 11 is 1.30. The third-order valence-corrected chi connectivity index (χ3v) is 5.83. The van der Waals surface area contributed by atoms with Gasteiger partial charge in [0.25, 0.3) is 0 Å². The summed E-state index contributed by atoms with van der Waals surface area (Å²) in [5.74, 6) is -0.112. The highest BCUT2D eigenvalue weighted by Crippen LogP contribution is 2.35. The van der Waals surface area contributed by atoms with E-state index in [1.807, 2.05) is 0 Å². The van der Waals surface area contributed by atoms with Crippen LogP contribution in [0, 0.1) is 0 Å². The second-order valence-electron chi connectivity index (χ2n) is 7.25. The summed E-state index contributed by atoms with van der Waals surface area (Å²) in [5.41, 5.74) is -0.732. The van der Waals surface area contributed by atoms with Crippen LogP contribution in [0.3, 0.4) is 0 Å². The van der Waals surface area contributed by atoms with E-state index >= 15 is 0 Å². The molecule has 1 unspecified atom stereocenters. The van der Waals surface area contributed by atoms with Gasteiger partial charge in [-0.25, -0.2) is 4.79 Å². The second kappa shape index (κ2) is 15.1. The zero-order valence-electron chi connectivity index (χ0n) is 19.1. The zero-order valence-corrected chi connectivity index (χ0v) is 19.9. The molecule has 0 radical (unpaired) electrons. The quantitative estimate of drug-likeness (QED) is 0.296. The van der Waals surface area contributed by atoms with E-state index in [1.54, 1.807) is 26.2 Å². The first kappa shape index (κ1) is 27.4. The average molecular weight is 488 g/mol. The van der Waals surface area contributed by atoms with Crippen LogP contribution in [0.1, 0.15) is 12.5 Å². The Balaban J connectivity index is 1.55. The minimum Gasteiger partial charge on any atom is -0.507 e. The lowest BCUT2D eigenvalue weighted by Crippen LogP contribution is -2.33. The number of hydrogen-bond donors (Lipinski definition) is 2. The van der Waals surface area contributed by atoms with Crippen LogP contribution < -0.4 is 4.74 Å². The summed E-state index contributed by atoms with van der Waals surface area (Å²) in [6.07, 6.45) is 0. The lowest BCUT2D eigenvalue weighted by molar-refractivity contribution is -0.141. The van der Waals surface area contributed by atoms with Gasteiger partial charge < -0.3 is 38.6 Å². The molecule has 11 heteroatoms. The molecule has 0 amide bonds. The zero-order chi connectivity index (χ0) is 23.9. The number of phenolic OH excluding ortho intramolecular Hbond substituents is 1. The van der Waals surface area contributed by atoms with Crippen molar-refractivity contribution in [2.75, 3.05) is 78.9 Å². The third kappa shape index (κ3) is 9.86. The van der Waals surface area contributed by atoms with Gasteiger partial charge in [0, 0.05) is 12.9 Å². The van der Waals surface area contributed by atoms with Gasteiger partial charge in [0.05, 0.1) is 65.0 Å². The van der Waals surface area contributed by atoms with Crippen LogP contribution in [-0.2, 0) is 28.5 Å². The summed E-state index contributed by atoms with van der Waals surface area (Å²) in [7, 11) is 1.63. The first-order valence-corrected chi connectivity index (χ1v) is 11.7. The molecule has 1 aliphatic rings. The lowest BCUT2D eigenvalue weighted by atomic mass is 10.1. The molecule has 33 heavy (non-hydrogen) atoms. The van der Waals surface area contributed by atoms with E-state index in [0.29, 0.717) is 88.2 Å². The van der Waals surface area contributed by atoms with Crippen LogP contribution in [0.4, 0.5) is 0 Å². The molecule has 0 spiro atoms. The fourth-order valence-corrected chi connectivity index (χ4v) is 3.83. The van der Waals surface area contributed by atoms with Gasteiger partial charge in [0.2, 0.25) is 0 Å². The van der Waals surface area contributed by atoms with Crippen LogP contribution >= 0.6 is 11.8 Å². The maximum atomic E-state index is 11.4. The maximum absolute atomic E-state index is 11.4. The molecule has 10 nitrogen and oxygen atoms in total. The average Bonchev–Trinajstić information content (AvgIpc) is 3.21. The van der Waals surface area contributed by atoms with Gasteiger partial charge in [-0.1, -0.05) is 0 Å². The SMILES string of the molecule is COCCOCCOCCOCCOCCOc1ccc(O)c(C2=NC(C)(C(=O)O)CS2)c1. The molecule has 0 fully saturated rings. The predicted molar refractivity (Wildman–Crippen MR) is 124 cm³/mol. The first-order valence-electron chi connectivity index (χ1n) is 10.7. The minimum absolute atomic E-state index is 0.0271. The van der Waals surface area contributed by atoms with Crippen molar-refractivity contribution in [3.63, 3.8) is 0 Å². The molecule has 0 aromatic heterocycles. The Labute approximate surface area is 198 Å². The van der Waals surface area contributed by atoms with Gasteiger partial charge in [0.15, 0.2) is 5.54 Å². The highest BCUT2D eigenvalue weighted by Gasteiger charge is 2.39. The molecule has 0 saturated heterocycles. The van der Waals surface area contributed by atoms with Crippen molar-refractivity contribution in [2.24, 2.45) is 4.99 Å². The molecule has 2 N–H and O–H groups in total. The Kier molecular flexibility index (Phi) is 12.5. The van der Waals surface area contributed by atoms with E-state index in [9.17, 15) is 15.0 Å². The number of hydrogen-bond acceptors (Lipinski definition) is 10. The summed E-state index contributed by atoms with van der Waals surface area (Å²) in [6.45, 7) is 6.31. The van der Waals surface area contributed by atoms with Gasteiger partial charge in [-0.2, -0.15) is 0 Å². The van der Waals surface area contributed by atoms with E-state index < -0.39 is 11.5 Å². The smallest absolute Gasteiger partial charge is 0.332 e. The molecule has 1 aromatic rings. The number of ether oxygens (including phenoxy) is 6. The van der Waals surface area contributed by atoms with Gasteiger partial charge in [-0.05, 0) is 25.1 Å². The maximum Gasteiger partial charge on any atom is 0.332 e. The van der Waals surface area contributed by atoms with E-state index in [4.69, 9.17) is 28.4 Å². The van der Waals surface area contributed by atoms with Crippen LogP contribution in [0.2, 0.25) is 0 Å². The number of carbonyl (C=O) groups is 1. The molecule has 1 atom stereocenters. The number of aliphatic imine (C=N–C) groups is 1. The van der Waals surface area contributed by atoms with Crippen molar-refractivity contribution in [1.29, 1.82) is 0 Å². The van der Waals surface area contributed by atoms with Crippen molar-refractivity contribution in [2.45, 2.75) is 12.5 Å². The molecule has 1 aromatic carbocycles. The van der Waals surface area contributed by atoms with Gasteiger partial charge in [-0.3, -0.25) is 4.99 Å². The van der Waals surface area contributed by atoms with Crippen LogP contribution in [-0.4, -0.2) is 106 Å². The highest BCUT2D eigenvalue weighted by atomic mass is 32.2. The van der Waals surface area contributed by atoms with E-state index in [1.165, 1.54) is 17.8 Å². The Morgan fingerprint density at radius 1 is 0.970 bits per heavy atom. The normalized spacial score (nSPS) is 17.8. The van der Waals surface area contributed by atoms with Crippen molar-refractivity contribution >= 4 is 22.8 Å². The van der Waals surface area contributed by atoms with Crippen LogP contribution in [0.5, 0.6) is 11.5 Å². The van der Waals surface area contributed by atoms with Crippen molar-refractivity contribution in [1.82, 2.24) is 0 Å². The van der Waals surface area contributed by atoms with Crippen LogP contribution in [0.15, 0.2) is 23.2 Å². The summed E-state index contributed by atoms with van der Waals surface area (Å²) < 4.78 is 32.1. The third-order valence-electron chi connectivity index (χ3n) is 4.54. The van der Waals surface area contributed by atoms with Gasteiger partial charge >= 0.3 is 5.97 Å². The molecule has 0 bridgehead atoms. The first-order chi connectivity index (χ1) is 16.0. The van der Waals surface area contributed by atoms with Crippen LogP contribution in [0.25, 0.3) is 0 Å². The Morgan fingerprint density at radius 3 is 2.03 bits per heavy atom. The van der Waals surface area contributed by atoms with Crippen molar-refractivity contribution in [3.8, 4) is 11.5 Å². The fourth-order valence-electron chi connectivity index (χ4n) is 2.64. The molecule has 186 valence electrons. The molecular formula is C22H33NO9S. The summed E-state index contributed by atoms with van der Waals surface area (Å²) in [6, 6.07) is 4.80. The molecular weight excluding hydrogens is 454 g/mol. The summed E-state index contributed by atoms with van der Waals surface area (Å²) in [4.78, 5) is 15.7. The molecule has 0 saturated carbocycles. The molecule has 1 aliphatic heterocycles. The number of rotatable bonds is 18. The van der Waals surface area contributed by atoms with Crippen molar-refractivity contribution in [3.05, 3.63) is 23.8 Å². The number of phenols is 1. The molecule has 2 rings (SSSR count). The monoisotopic (exact) mass is 487 g/mol. The fraction of sp³-hybridized carbons (Fsp3) is 0.636. The highest BCUT2D eigenvalue weighted by molar-refractivity contribution is 8.14. The standard InChI is InChI=1S/C22H33NO9S/c1-22(21(25)26)16-33-20(23-22)18-15-17(3-4-19(18)24)32-14-13-31-12-11-30-10-9-29-8-7-28-6-5-27-2/h3-4,15,24H,5-14,16H2,1-2H3,(H,25,26). The number of benzene rings is 1. The molecule has 0 aliphatic carbocycles. The van der Waals surface area contributed by atoms with Crippen molar-refractivity contribution < 1.29 is 43.4 Å². The lowest BCUT2D eigenvalue weighted by Gasteiger charge is -2.12. The number of carboxylic acids is 1. The predicted octanol–water partition coefficient (Wildman–Crippen LogP) is 1.82. The number of aromatic hydroxyl groups is 1. The van der Waals surface area contributed by atoms with Gasteiger partial charge in [0.1, 0.15) is 23.1 Å². The Bertz CT molecular complexity index is 761. The Hall–Kier alpha value is -1.89. The number of nitrogens with zero attached hydrogens (tertiary/aromatic N) is 1. The minimum atomic E-state index is -1.19. The van der Waals surface area contributed by atoms with E-state index in [2.05, 4.69) is 4.99 Å². The largest absolute Gasteiger partial charge is 0.507 e. The molecule has 1 heterocycles. The van der Waals surface area contributed by atoms with E-state index in [-0.39, 0.29) is 5.75 Å². The Morgan fingerprint density at radius 2 is 1.52 bits per heavy atom. The number of methoxy groups -OCH3 is 1. The topological polar surface area (TPSA) is 125 Å². The van der Waals surface area contributed by atoms with Gasteiger partial charge in [-0.15, -0.1) is 11.8 Å². The summed E-state index contributed by atoms with van der Waals surface area (Å²) in [5, 5.41) is 20.0. The number of aliphatic carboxylic acids is 1.